The zero-order valence-corrected chi connectivity index (χ0v) is 14.7. The van der Waals surface area contributed by atoms with Crippen LogP contribution in [0.1, 0.15) is 12.8 Å². The average molecular weight is 365 g/mol. The first kappa shape index (κ1) is 17.5. The molecule has 2 fully saturated rings. The highest BCUT2D eigenvalue weighted by Gasteiger charge is 2.30. The van der Waals surface area contributed by atoms with E-state index in [-0.39, 0.29) is 30.9 Å². The first-order valence-corrected chi connectivity index (χ1v) is 8.78. The van der Waals surface area contributed by atoms with Crippen molar-refractivity contribution >= 4 is 35.1 Å². The number of nitrogens with zero attached hydrogens (tertiary/aromatic N) is 3. The molecular formula is C17H21ClN4O3. The molecule has 0 spiro atoms. The molecule has 1 aromatic carbocycles. The topological polar surface area (TPSA) is 73.0 Å². The summed E-state index contributed by atoms with van der Waals surface area (Å²) in [7, 11) is 0. The van der Waals surface area contributed by atoms with Crippen LogP contribution in [0, 0.1) is 0 Å². The van der Waals surface area contributed by atoms with E-state index < -0.39 is 0 Å². The Bertz CT molecular complexity index is 658. The highest BCUT2D eigenvalue weighted by Crippen LogP contribution is 2.15. The van der Waals surface area contributed by atoms with Crippen molar-refractivity contribution in [2.24, 2.45) is 0 Å². The van der Waals surface area contributed by atoms with Crippen LogP contribution >= 0.6 is 11.6 Å². The summed E-state index contributed by atoms with van der Waals surface area (Å²) in [5.41, 5.74) is 0.619. The predicted molar refractivity (Wildman–Crippen MR) is 94.4 cm³/mol. The van der Waals surface area contributed by atoms with Crippen molar-refractivity contribution in [2.45, 2.75) is 12.8 Å². The van der Waals surface area contributed by atoms with Gasteiger partial charge >= 0.3 is 6.03 Å². The van der Waals surface area contributed by atoms with Crippen molar-refractivity contribution in [3.05, 3.63) is 29.3 Å². The summed E-state index contributed by atoms with van der Waals surface area (Å²) in [6, 6.07) is 6.44. The van der Waals surface area contributed by atoms with Gasteiger partial charge in [0.05, 0.1) is 6.54 Å². The number of amides is 4. The van der Waals surface area contributed by atoms with Gasteiger partial charge < -0.3 is 20.0 Å². The second kappa shape index (κ2) is 7.74. The Morgan fingerprint density at radius 2 is 1.68 bits per heavy atom. The highest BCUT2D eigenvalue weighted by molar-refractivity contribution is 6.30. The summed E-state index contributed by atoms with van der Waals surface area (Å²) in [6.45, 7) is 2.40. The van der Waals surface area contributed by atoms with E-state index in [1.54, 1.807) is 29.2 Å². The van der Waals surface area contributed by atoms with E-state index in [9.17, 15) is 14.4 Å². The van der Waals surface area contributed by atoms with E-state index in [4.69, 9.17) is 11.6 Å². The molecule has 1 aromatic rings. The lowest BCUT2D eigenvalue weighted by Gasteiger charge is -2.34. The standard InChI is InChI=1S/C17H21ClN4O3/c18-13-3-5-14(6-4-13)19-17(25)22-10-9-21(16(24)12-22)11-15(23)20-7-1-2-8-20/h3-6H,1-2,7-12H2,(H,19,25). The van der Waals surface area contributed by atoms with Gasteiger partial charge in [-0.05, 0) is 37.1 Å². The number of halogens is 1. The maximum Gasteiger partial charge on any atom is 0.322 e. The van der Waals surface area contributed by atoms with Crippen molar-refractivity contribution in [1.82, 2.24) is 14.7 Å². The molecule has 4 amide bonds. The van der Waals surface area contributed by atoms with E-state index in [1.165, 1.54) is 9.80 Å². The van der Waals surface area contributed by atoms with Gasteiger partial charge in [-0.25, -0.2) is 4.79 Å². The third-order valence-electron chi connectivity index (χ3n) is 4.49. The van der Waals surface area contributed by atoms with E-state index in [0.717, 1.165) is 25.9 Å². The summed E-state index contributed by atoms with van der Waals surface area (Å²) in [5.74, 6) is -0.213. The third kappa shape index (κ3) is 4.42. The van der Waals surface area contributed by atoms with Crippen molar-refractivity contribution in [1.29, 1.82) is 0 Å². The Labute approximate surface area is 151 Å². The molecule has 0 radical (unpaired) electrons. The highest BCUT2D eigenvalue weighted by atomic mass is 35.5. The smallest absolute Gasteiger partial charge is 0.322 e. The van der Waals surface area contributed by atoms with E-state index in [2.05, 4.69) is 5.32 Å². The molecule has 2 aliphatic rings. The molecule has 0 atom stereocenters. The summed E-state index contributed by atoms with van der Waals surface area (Å²) in [6.07, 6.45) is 2.05. The summed E-state index contributed by atoms with van der Waals surface area (Å²) in [4.78, 5) is 41.5. The van der Waals surface area contributed by atoms with Crippen LogP contribution in [0.2, 0.25) is 5.02 Å². The molecule has 7 nitrogen and oxygen atoms in total. The van der Waals surface area contributed by atoms with Crippen LogP contribution in [0.4, 0.5) is 10.5 Å². The van der Waals surface area contributed by atoms with Gasteiger partial charge in [0.15, 0.2) is 0 Å². The van der Waals surface area contributed by atoms with Gasteiger partial charge in [0, 0.05) is 36.9 Å². The maximum absolute atomic E-state index is 12.3. The molecule has 0 unspecified atom stereocenters. The lowest BCUT2D eigenvalue weighted by Crippen LogP contribution is -2.55. The number of piperazine rings is 1. The minimum atomic E-state index is -0.332. The Morgan fingerprint density at radius 3 is 2.32 bits per heavy atom. The van der Waals surface area contributed by atoms with Gasteiger partial charge in [0.2, 0.25) is 11.8 Å². The fraction of sp³-hybridized carbons (Fsp3) is 0.471. The van der Waals surface area contributed by atoms with Crippen molar-refractivity contribution < 1.29 is 14.4 Å². The molecule has 3 rings (SSSR count). The van der Waals surface area contributed by atoms with Crippen LogP contribution in [-0.2, 0) is 9.59 Å². The number of urea groups is 1. The lowest BCUT2D eigenvalue weighted by molar-refractivity contribution is -0.142. The molecule has 25 heavy (non-hydrogen) atoms. The summed E-state index contributed by atoms with van der Waals surface area (Å²) >= 11 is 5.82. The van der Waals surface area contributed by atoms with Crippen molar-refractivity contribution in [3.8, 4) is 0 Å². The Morgan fingerprint density at radius 1 is 1.00 bits per heavy atom. The molecule has 0 aromatic heterocycles. The third-order valence-corrected chi connectivity index (χ3v) is 4.74. The SMILES string of the molecule is O=C(CN1CCN(C(=O)Nc2ccc(Cl)cc2)CC1=O)N1CCCC1. The maximum atomic E-state index is 12.3. The Kier molecular flexibility index (Phi) is 5.43. The molecule has 2 saturated heterocycles. The van der Waals surface area contributed by atoms with Gasteiger partial charge in [-0.1, -0.05) is 11.6 Å². The second-order valence-corrected chi connectivity index (χ2v) is 6.70. The molecule has 1 N–H and O–H groups in total. The molecular weight excluding hydrogens is 344 g/mol. The summed E-state index contributed by atoms with van der Waals surface area (Å²) in [5, 5.41) is 3.33. The number of nitrogens with one attached hydrogen (secondary N) is 1. The van der Waals surface area contributed by atoms with Crippen LogP contribution in [0.25, 0.3) is 0 Å². The molecule has 0 saturated carbocycles. The Hall–Kier alpha value is -2.28. The molecule has 2 heterocycles. The first-order chi connectivity index (χ1) is 12.0. The van der Waals surface area contributed by atoms with Gasteiger partial charge in [-0.2, -0.15) is 0 Å². The number of carbonyl (C=O) groups excluding carboxylic acids is 3. The van der Waals surface area contributed by atoms with Crippen molar-refractivity contribution in [2.75, 3.05) is 44.6 Å². The molecule has 8 heteroatoms. The monoisotopic (exact) mass is 364 g/mol. The summed E-state index contributed by atoms with van der Waals surface area (Å²) < 4.78 is 0. The molecule has 2 aliphatic heterocycles. The number of likely N-dealkylation sites (tertiary alicyclic amines) is 1. The fourth-order valence-electron chi connectivity index (χ4n) is 3.01. The number of rotatable bonds is 3. The van der Waals surface area contributed by atoms with Gasteiger partial charge in [0.1, 0.15) is 6.54 Å². The normalized spacial score (nSPS) is 17.8. The van der Waals surface area contributed by atoms with Crippen LogP contribution in [0.5, 0.6) is 0 Å². The van der Waals surface area contributed by atoms with Crippen molar-refractivity contribution in [3.63, 3.8) is 0 Å². The predicted octanol–water partition coefficient (Wildman–Crippen LogP) is 1.64. The van der Waals surface area contributed by atoms with E-state index >= 15 is 0 Å². The minimum Gasteiger partial charge on any atom is -0.341 e. The van der Waals surface area contributed by atoms with Crippen LogP contribution in [-0.4, -0.2) is 71.8 Å². The van der Waals surface area contributed by atoms with Gasteiger partial charge in [-0.15, -0.1) is 0 Å². The largest absolute Gasteiger partial charge is 0.341 e. The zero-order chi connectivity index (χ0) is 17.8. The average Bonchev–Trinajstić information content (AvgIpc) is 3.13. The van der Waals surface area contributed by atoms with Crippen LogP contribution in [0.15, 0.2) is 24.3 Å². The van der Waals surface area contributed by atoms with E-state index in [1.807, 2.05) is 0 Å². The second-order valence-electron chi connectivity index (χ2n) is 6.26. The molecule has 0 aliphatic carbocycles. The molecule has 0 bridgehead atoms. The van der Waals surface area contributed by atoms with Gasteiger partial charge in [0.25, 0.3) is 0 Å². The minimum absolute atomic E-state index is 0.00934. The zero-order valence-electron chi connectivity index (χ0n) is 13.9. The van der Waals surface area contributed by atoms with Gasteiger partial charge in [-0.3, -0.25) is 9.59 Å². The number of anilines is 1. The lowest BCUT2D eigenvalue weighted by atomic mass is 10.3. The van der Waals surface area contributed by atoms with E-state index in [0.29, 0.717) is 23.8 Å². The Balaban J connectivity index is 1.50. The number of carbonyl (C=O) groups is 3. The number of hydrogen-bond donors (Lipinski definition) is 1. The van der Waals surface area contributed by atoms with Crippen LogP contribution < -0.4 is 5.32 Å². The molecule has 134 valence electrons. The quantitative estimate of drug-likeness (QED) is 0.886. The first-order valence-electron chi connectivity index (χ1n) is 8.40. The van der Waals surface area contributed by atoms with Crippen LogP contribution in [0.3, 0.4) is 0 Å². The number of hydrogen-bond acceptors (Lipinski definition) is 3. The fourth-order valence-corrected chi connectivity index (χ4v) is 3.14. The number of benzene rings is 1.